The van der Waals surface area contributed by atoms with Gasteiger partial charge in [0, 0.05) is 12.5 Å². The standard InChI is InChI=1S/C23H24ClNO6S/c1-12(26)25-16-7-5-13-9-18(31-20(28)11-24)22(29-2)23(30-3)21(13)14-6-8-19(32-4)17(27)10-15(14)16/h6,8-10,16H,5,7,11H2,1-4H3,(H,25,26)/t16-/m0/s1/i20+2. The molecule has 0 radical (unpaired) electrons. The van der Waals surface area contributed by atoms with Gasteiger partial charge in [-0.05, 0) is 54.0 Å². The van der Waals surface area contributed by atoms with Crippen molar-refractivity contribution in [3.05, 3.63) is 45.6 Å². The van der Waals surface area contributed by atoms with Crippen molar-refractivity contribution >= 4 is 35.2 Å². The van der Waals surface area contributed by atoms with Gasteiger partial charge >= 0.3 is 5.97 Å². The number of ether oxygens (including phenoxy) is 3. The van der Waals surface area contributed by atoms with Gasteiger partial charge in [0.1, 0.15) is 5.88 Å². The van der Waals surface area contributed by atoms with Crippen LogP contribution in [0.1, 0.15) is 30.5 Å². The van der Waals surface area contributed by atoms with Crippen molar-refractivity contribution in [3.63, 3.8) is 0 Å². The highest BCUT2D eigenvalue weighted by molar-refractivity contribution is 7.98. The van der Waals surface area contributed by atoms with Crippen molar-refractivity contribution in [2.24, 2.45) is 0 Å². The Labute approximate surface area is 195 Å². The maximum atomic E-state index is 12.8. The molecule has 9 heteroatoms. The number of hydrogen-bond donors (Lipinski definition) is 1. The van der Waals surface area contributed by atoms with Crippen molar-refractivity contribution in [1.29, 1.82) is 0 Å². The molecule has 1 aliphatic carbocycles. The van der Waals surface area contributed by atoms with E-state index in [-0.39, 0.29) is 34.8 Å². The van der Waals surface area contributed by atoms with Crippen molar-refractivity contribution in [3.8, 4) is 28.4 Å². The first-order valence-electron chi connectivity index (χ1n) is 9.88. The van der Waals surface area contributed by atoms with Gasteiger partial charge in [0.05, 0.1) is 25.2 Å². The van der Waals surface area contributed by atoms with Crippen LogP contribution in [0.5, 0.6) is 17.2 Å². The summed E-state index contributed by atoms with van der Waals surface area (Å²) >= 11 is 6.97. The second kappa shape index (κ2) is 10.3. The molecule has 0 spiro atoms. The van der Waals surface area contributed by atoms with Crippen LogP contribution in [0.4, 0.5) is 0 Å². The van der Waals surface area contributed by atoms with E-state index in [1.54, 1.807) is 18.2 Å². The smallest absolute Gasteiger partial charge is 0.326 e. The maximum absolute atomic E-state index is 12.8. The fraction of sp³-hybridized carbons (Fsp3) is 0.348. The summed E-state index contributed by atoms with van der Waals surface area (Å²) in [4.78, 5) is 37.2. The fourth-order valence-corrected chi connectivity index (χ4v) is 4.45. The van der Waals surface area contributed by atoms with E-state index in [2.05, 4.69) is 5.32 Å². The van der Waals surface area contributed by atoms with Gasteiger partial charge < -0.3 is 19.5 Å². The highest BCUT2D eigenvalue weighted by Crippen LogP contribution is 2.50. The zero-order valence-electron chi connectivity index (χ0n) is 18.2. The second-order valence-corrected chi connectivity index (χ2v) is 8.27. The maximum Gasteiger partial charge on any atom is 0.326 e. The average molecular weight is 480 g/mol. The molecule has 2 aromatic carbocycles. The topological polar surface area (TPSA) is 90.9 Å². The molecule has 0 fully saturated rings. The molecule has 7 nitrogen and oxygen atoms in total. The largest absolute Gasteiger partial charge is 0.492 e. The summed E-state index contributed by atoms with van der Waals surface area (Å²) in [6.45, 7) is 1.44. The Morgan fingerprint density at radius 3 is 2.56 bits per heavy atom. The minimum Gasteiger partial charge on any atom is -0.492 e. The number of thioether (sulfide) groups is 1. The number of amides is 1. The molecule has 0 aromatic heterocycles. The van der Waals surface area contributed by atoms with E-state index >= 15 is 0 Å². The fourth-order valence-electron chi connectivity index (χ4n) is 3.94. The Morgan fingerprint density at radius 2 is 1.97 bits per heavy atom. The number of benzene rings is 1. The van der Waals surface area contributed by atoms with E-state index in [4.69, 9.17) is 25.8 Å². The SMILES string of the molecule is COc1c(O[14C](=O)CCl)cc2c(c1OC)-c1ccc(SC)c(=O)cc1[C@@H](NC(C)=O)CC2. The van der Waals surface area contributed by atoms with E-state index in [0.717, 1.165) is 16.7 Å². The van der Waals surface area contributed by atoms with Gasteiger partial charge in [0.2, 0.25) is 11.7 Å². The normalized spacial score (nSPS) is 14.5. The number of rotatable bonds is 6. The van der Waals surface area contributed by atoms with Crippen LogP contribution in [0.3, 0.4) is 0 Å². The third kappa shape index (κ3) is 4.71. The minimum absolute atomic E-state index is 0.129. The molecule has 0 bridgehead atoms. The number of nitrogens with one attached hydrogen (secondary N) is 1. The first-order valence-corrected chi connectivity index (χ1v) is 11.6. The number of carbonyl (C=O) groups is 2. The van der Waals surface area contributed by atoms with Gasteiger partial charge in [0.15, 0.2) is 16.9 Å². The molecule has 2 aromatic rings. The molecule has 1 aliphatic rings. The number of esters is 1. The van der Waals surface area contributed by atoms with Gasteiger partial charge in [0.25, 0.3) is 0 Å². The predicted molar refractivity (Wildman–Crippen MR) is 124 cm³/mol. The Morgan fingerprint density at radius 1 is 1.25 bits per heavy atom. The molecular weight excluding hydrogens is 456 g/mol. The molecule has 3 rings (SSSR count). The highest BCUT2D eigenvalue weighted by Gasteiger charge is 2.30. The molecule has 1 atom stereocenters. The lowest BCUT2D eigenvalue weighted by molar-refractivity contribution is -0.131. The first-order chi connectivity index (χ1) is 15.3. The first kappa shape index (κ1) is 23.9. The average Bonchev–Trinajstić information content (AvgIpc) is 3.01. The van der Waals surface area contributed by atoms with Gasteiger partial charge in [-0.2, -0.15) is 0 Å². The van der Waals surface area contributed by atoms with Crippen LogP contribution in [0, 0.1) is 0 Å². The number of methoxy groups -OCH3 is 2. The quantitative estimate of drug-likeness (QED) is 0.292. The molecule has 170 valence electrons. The Bertz CT molecular complexity index is 1120. The summed E-state index contributed by atoms with van der Waals surface area (Å²) in [5, 5.41) is 2.95. The molecule has 32 heavy (non-hydrogen) atoms. The number of halogens is 1. The lowest BCUT2D eigenvalue weighted by atomic mass is 9.95. The van der Waals surface area contributed by atoms with Gasteiger partial charge in [-0.3, -0.25) is 14.4 Å². The Kier molecular flexibility index (Phi) is 7.69. The van der Waals surface area contributed by atoms with Crippen LogP contribution in [0.25, 0.3) is 11.1 Å². The summed E-state index contributed by atoms with van der Waals surface area (Å²) in [5.41, 5.74) is 2.85. The van der Waals surface area contributed by atoms with Gasteiger partial charge in [-0.1, -0.05) is 6.07 Å². The van der Waals surface area contributed by atoms with E-state index < -0.39 is 5.97 Å². The third-order valence-corrected chi connectivity index (χ3v) is 6.21. The van der Waals surface area contributed by atoms with E-state index in [9.17, 15) is 14.4 Å². The van der Waals surface area contributed by atoms with Crippen molar-refractivity contribution < 1.29 is 23.8 Å². The highest BCUT2D eigenvalue weighted by atomic mass is 35.5. The molecule has 0 unspecified atom stereocenters. The summed E-state index contributed by atoms with van der Waals surface area (Å²) in [6.07, 6.45) is 2.91. The number of aryl methyl sites for hydroxylation is 1. The van der Waals surface area contributed by atoms with Gasteiger partial charge in [-0.15, -0.1) is 23.4 Å². The van der Waals surface area contributed by atoms with Crippen molar-refractivity contribution in [2.45, 2.75) is 30.7 Å². The number of alkyl halides is 1. The summed E-state index contributed by atoms with van der Waals surface area (Å²) < 4.78 is 16.6. The summed E-state index contributed by atoms with van der Waals surface area (Å²) in [5.74, 6) is -0.316. The summed E-state index contributed by atoms with van der Waals surface area (Å²) in [7, 11) is 2.95. The van der Waals surface area contributed by atoms with Crippen LogP contribution < -0.4 is 25.0 Å². The summed E-state index contributed by atoms with van der Waals surface area (Å²) in [6, 6.07) is 6.54. The van der Waals surface area contributed by atoms with Gasteiger partial charge in [-0.25, -0.2) is 0 Å². The molecular formula is C23H24ClNO6S. The zero-order chi connectivity index (χ0) is 23.4. The monoisotopic (exact) mass is 479 g/mol. The van der Waals surface area contributed by atoms with Crippen LogP contribution >= 0.6 is 23.4 Å². The molecule has 0 saturated heterocycles. The van der Waals surface area contributed by atoms with E-state index in [0.29, 0.717) is 29.1 Å². The molecule has 0 saturated carbocycles. The predicted octanol–water partition coefficient (Wildman–Crippen LogP) is 3.72. The van der Waals surface area contributed by atoms with Crippen LogP contribution in [0.2, 0.25) is 0 Å². The van der Waals surface area contributed by atoms with Crippen LogP contribution in [-0.4, -0.2) is 38.2 Å². The number of carbonyl (C=O) groups excluding carboxylic acids is 2. The van der Waals surface area contributed by atoms with Crippen LogP contribution in [0.15, 0.2) is 34.0 Å². The minimum atomic E-state index is -0.621. The lowest BCUT2D eigenvalue weighted by Crippen LogP contribution is -2.26. The zero-order valence-corrected chi connectivity index (χ0v) is 19.8. The molecule has 0 heterocycles. The van der Waals surface area contributed by atoms with Crippen LogP contribution in [-0.2, 0) is 16.0 Å². The van der Waals surface area contributed by atoms with E-state index in [1.165, 1.54) is 32.9 Å². The Hall–Kier alpha value is -2.71. The second-order valence-electron chi connectivity index (χ2n) is 7.15. The lowest BCUT2D eigenvalue weighted by Gasteiger charge is -2.20. The molecule has 0 aliphatic heterocycles. The van der Waals surface area contributed by atoms with E-state index in [1.807, 2.05) is 12.3 Å². The number of fused-ring (bicyclic) bond motifs is 3. The van der Waals surface area contributed by atoms with Crippen molar-refractivity contribution in [2.75, 3.05) is 26.4 Å². The van der Waals surface area contributed by atoms with Crippen molar-refractivity contribution in [1.82, 2.24) is 5.32 Å². The molecule has 1 N–H and O–H groups in total. The number of hydrogen-bond acceptors (Lipinski definition) is 7. The Balaban J connectivity index is 2.37. The third-order valence-electron chi connectivity index (χ3n) is 5.21. The molecule has 1 amide bonds.